The van der Waals surface area contributed by atoms with Gasteiger partial charge in [0.25, 0.3) is 5.91 Å². The van der Waals surface area contributed by atoms with Crippen LogP contribution in [0.1, 0.15) is 40.8 Å². The highest BCUT2D eigenvalue weighted by molar-refractivity contribution is 7.14. The molecule has 0 fully saturated rings. The van der Waals surface area contributed by atoms with Crippen molar-refractivity contribution >= 4 is 22.4 Å². The van der Waals surface area contributed by atoms with Crippen LogP contribution < -0.4 is 11.1 Å². The molecule has 1 amide bonds. The van der Waals surface area contributed by atoms with Crippen molar-refractivity contribution in [1.82, 2.24) is 9.97 Å². The minimum absolute atomic E-state index is 0.152. The van der Waals surface area contributed by atoms with E-state index >= 15 is 0 Å². The molecule has 1 unspecified atom stereocenters. The van der Waals surface area contributed by atoms with E-state index in [1.165, 1.54) is 11.3 Å². The van der Waals surface area contributed by atoms with E-state index in [0.29, 0.717) is 16.7 Å². The van der Waals surface area contributed by atoms with E-state index in [-0.39, 0.29) is 17.7 Å². The number of nitrogens with one attached hydrogen (secondary N) is 1. The monoisotopic (exact) mass is 266 g/mol. The molecule has 0 spiro atoms. The molecule has 2 rings (SSSR count). The lowest BCUT2D eigenvalue weighted by molar-refractivity contribution is 0.0994. The Labute approximate surface area is 108 Å². The van der Waals surface area contributed by atoms with Gasteiger partial charge in [0.05, 0.1) is 11.4 Å². The molecule has 96 valence electrons. The zero-order valence-corrected chi connectivity index (χ0v) is 11.2. The molecule has 0 aromatic carbocycles. The van der Waals surface area contributed by atoms with Gasteiger partial charge in [-0.15, -0.1) is 11.3 Å². The molecule has 2 aromatic rings. The highest BCUT2D eigenvalue weighted by Crippen LogP contribution is 2.20. The quantitative estimate of drug-likeness (QED) is 0.886. The Morgan fingerprint density at radius 1 is 1.50 bits per heavy atom. The number of hydrogen-bond acceptors (Lipinski definition) is 6. The van der Waals surface area contributed by atoms with Gasteiger partial charge in [-0.1, -0.05) is 0 Å². The van der Waals surface area contributed by atoms with Crippen LogP contribution in [0.2, 0.25) is 0 Å². The third kappa shape index (κ3) is 2.57. The van der Waals surface area contributed by atoms with Gasteiger partial charge in [0, 0.05) is 18.3 Å². The van der Waals surface area contributed by atoms with Crippen LogP contribution in [0, 0.1) is 13.8 Å². The second-order valence-electron chi connectivity index (χ2n) is 3.97. The molecule has 18 heavy (non-hydrogen) atoms. The number of nitrogens with zero attached hydrogens (tertiary/aromatic N) is 2. The minimum Gasteiger partial charge on any atom is -0.436 e. The van der Waals surface area contributed by atoms with Gasteiger partial charge < -0.3 is 10.2 Å². The fourth-order valence-electron chi connectivity index (χ4n) is 1.45. The van der Waals surface area contributed by atoms with E-state index < -0.39 is 0 Å². The number of nitrogens with two attached hydrogens (primary N) is 1. The average molecular weight is 266 g/mol. The summed E-state index contributed by atoms with van der Waals surface area (Å²) in [5.41, 5.74) is 7.01. The fourth-order valence-corrected chi connectivity index (χ4v) is 2.26. The standard InChI is InChI=1S/C11H14N4O2S/c1-5(12)8-4-18-11(14-8)15-10(16)9-6(2)13-7(3)17-9/h4-5H,12H2,1-3H3,(H,14,15,16). The van der Waals surface area contributed by atoms with Crippen molar-refractivity contribution < 1.29 is 9.21 Å². The van der Waals surface area contributed by atoms with Gasteiger partial charge in [-0.05, 0) is 13.8 Å². The Kier molecular flexibility index (Phi) is 3.44. The molecule has 0 aliphatic rings. The lowest BCUT2D eigenvalue weighted by Crippen LogP contribution is -2.12. The van der Waals surface area contributed by atoms with Crippen molar-refractivity contribution in [1.29, 1.82) is 0 Å². The second kappa shape index (κ2) is 4.87. The summed E-state index contributed by atoms with van der Waals surface area (Å²) < 4.78 is 5.23. The molecule has 0 saturated heterocycles. The molecule has 0 radical (unpaired) electrons. The van der Waals surface area contributed by atoms with Gasteiger partial charge in [0.15, 0.2) is 11.0 Å². The van der Waals surface area contributed by atoms with E-state index in [1.807, 2.05) is 12.3 Å². The van der Waals surface area contributed by atoms with Crippen LogP contribution >= 0.6 is 11.3 Å². The molecule has 0 aliphatic heterocycles. The summed E-state index contributed by atoms with van der Waals surface area (Å²) >= 11 is 1.33. The van der Waals surface area contributed by atoms with Gasteiger partial charge in [-0.25, -0.2) is 9.97 Å². The molecule has 7 heteroatoms. The predicted molar refractivity (Wildman–Crippen MR) is 68.6 cm³/mol. The van der Waals surface area contributed by atoms with Crippen LogP contribution in [0.15, 0.2) is 9.80 Å². The Hall–Kier alpha value is -1.73. The summed E-state index contributed by atoms with van der Waals surface area (Å²) in [6.45, 7) is 5.26. The minimum atomic E-state index is -0.348. The van der Waals surface area contributed by atoms with Crippen LogP contribution in [0.25, 0.3) is 0 Å². The Balaban J connectivity index is 2.13. The van der Waals surface area contributed by atoms with E-state index in [0.717, 1.165) is 5.69 Å². The fraction of sp³-hybridized carbons (Fsp3) is 0.364. The highest BCUT2D eigenvalue weighted by atomic mass is 32.1. The maximum atomic E-state index is 11.9. The first-order valence-electron chi connectivity index (χ1n) is 5.43. The third-order valence-electron chi connectivity index (χ3n) is 2.32. The highest BCUT2D eigenvalue weighted by Gasteiger charge is 2.17. The van der Waals surface area contributed by atoms with Crippen molar-refractivity contribution in [3.8, 4) is 0 Å². The second-order valence-corrected chi connectivity index (χ2v) is 4.83. The molecule has 0 bridgehead atoms. The molecular weight excluding hydrogens is 252 g/mol. The zero-order chi connectivity index (χ0) is 13.3. The molecule has 2 aromatic heterocycles. The Morgan fingerprint density at radius 3 is 2.72 bits per heavy atom. The summed E-state index contributed by atoms with van der Waals surface area (Å²) in [6.07, 6.45) is 0. The van der Waals surface area contributed by atoms with Crippen molar-refractivity contribution in [2.75, 3.05) is 5.32 Å². The molecule has 2 heterocycles. The summed E-state index contributed by atoms with van der Waals surface area (Å²) in [4.78, 5) is 20.2. The van der Waals surface area contributed by atoms with E-state index in [2.05, 4.69) is 15.3 Å². The van der Waals surface area contributed by atoms with Crippen molar-refractivity contribution in [2.24, 2.45) is 5.73 Å². The first-order chi connectivity index (χ1) is 8.47. The molecule has 1 atom stereocenters. The summed E-state index contributed by atoms with van der Waals surface area (Å²) in [5.74, 6) is 0.330. The van der Waals surface area contributed by atoms with Crippen molar-refractivity contribution in [2.45, 2.75) is 26.8 Å². The van der Waals surface area contributed by atoms with Crippen molar-refractivity contribution in [3.63, 3.8) is 0 Å². The lowest BCUT2D eigenvalue weighted by atomic mass is 10.3. The number of aryl methyl sites for hydroxylation is 2. The van der Waals surface area contributed by atoms with Gasteiger partial charge in [-0.2, -0.15) is 0 Å². The molecular formula is C11H14N4O2S. The number of oxazole rings is 1. The van der Waals surface area contributed by atoms with Gasteiger partial charge in [0.1, 0.15) is 0 Å². The first-order valence-corrected chi connectivity index (χ1v) is 6.31. The molecule has 3 N–H and O–H groups in total. The van der Waals surface area contributed by atoms with Gasteiger partial charge in [0.2, 0.25) is 5.76 Å². The SMILES string of the molecule is Cc1nc(C)c(C(=O)Nc2nc(C(C)N)cs2)o1. The molecule has 6 nitrogen and oxygen atoms in total. The number of anilines is 1. The smallest absolute Gasteiger partial charge is 0.295 e. The summed E-state index contributed by atoms with van der Waals surface area (Å²) in [7, 11) is 0. The molecule has 0 aliphatic carbocycles. The maximum absolute atomic E-state index is 11.9. The number of aromatic nitrogens is 2. The number of hydrogen-bond donors (Lipinski definition) is 2. The zero-order valence-electron chi connectivity index (χ0n) is 10.4. The van der Waals surface area contributed by atoms with E-state index in [1.54, 1.807) is 13.8 Å². The molecule has 0 saturated carbocycles. The van der Waals surface area contributed by atoms with Gasteiger partial charge in [-0.3, -0.25) is 10.1 Å². The van der Waals surface area contributed by atoms with E-state index in [4.69, 9.17) is 10.2 Å². The number of thiazole rings is 1. The van der Waals surface area contributed by atoms with Crippen LogP contribution in [0.4, 0.5) is 5.13 Å². The Morgan fingerprint density at radius 2 is 2.22 bits per heavy atom. The van der Waals surface area contributed by atoms with E-state index in [9.17, 15) is 4.79 Å². The largest absolute Gasteiger partial charge is 0.436 e. The van der Waals surface area contributed by atoms with Crippen molar-refractivity contribution in [3.05, 3.63) is 28.4 Å². The number of carbonyl (C=O) groups excluding carboxylic acids is 1. The summed E-state index contributed by atoms with van der Waals surface area (Å²) in [6, 6.07) is -0.152. The predicted octanol–water partition coefficient (Wildman–Crippen LogP) is 2.02. The van der Waals surface area contributed by atoms with Crippen LogP contribution in [-0.4, -0.2) is 15.9 Å². The lowest BCUT2D eigenvalue weighted by Gasteiger charge is -1.99. The van der Waals surface area contributed by atoms with Gasteiger partial charge >= 0.3 is 0 Å². The van der Waals surface area contributed by atoms with Crippen LogP contribution in [0.5, 0.6) is 0 Å². The topological polar surface area (TPSA) is 94.0 Å². The summed E-state index contributed by atoms with van der Waals surface area (Å²) in [5, 5.41) is 4.99. The maximum Gasteiger partial charge on any atom is 0.295 e. The third-order valence-corrected chi connectivity index (χ3v) is 3.09. The number of rotatable bonds is 3. The number of carbonyl (C=O) groups is 1. The van der Waals surface area contributed by atoms with Crippen LogP contribution in [0.3, 0.4) is 0 Å². The normalized spacial score (nSPS) is 12.4. The van der Waals surface area contributed by atoms with Crippen LogP contribution in [-0.2, 0) is 0 Å². The number of amides is 1. The average Bonchev–Trinajstić information content (AvgIpc) is 2.85. The Bertz CT molecular complexity index is 573. The first kappa shape index (κ1) is 12.7.